The van der Waals surface area contributed by atoms with Gasteiger partial charge in [0.05, 0.1) is 29.9 Å². The number of aromatic nitrogens is 1. The third kappa shape index (κ3) is 5.50. The minimum atomic E-state index is -0.579. The summed E-state index contributed by atoms with van der Waals surface area (Å²) < 4.78 is 5.35. The van der Waals surface area contributed by atoms with Gasteiger partial charge < -0.3 is 15.0 Å². The monoisotopic (exact) mass is 453 g/mol. The number of hydrogen-bond donors (Lipinski definition) is 1. The lowest BCUT2D eigenvalue weighted by molar-refractivity contribution is -0.138. The Labute approximate surface area is 191 Å². The maximum absolute atomic E-state index is 12.8. The van der Waals surface area contributed by atoms with Crippen molar-refractivity contribution in [3.05, 3.63) is 63.5 Å². The van der Waals surface area contributed by atoms with Crippen molar-refractivity contribution in [1.29, 1.82) is 0 Å². The summed E-state index contributed by atoms with van der Waals surface area (Å²) in [5.41, 5.74) is 2.64. The van der Waals surface area contributed by atoms with Gasteiger partial charge in [-0.1, -0.05) is 31.2 Å². The molecule has 0 aliphatic heterocycles. The Kier molecular flexibility index (Phi) is 7.94. The fourth-order valence-electron chi connectivity index (χ4n) is 3.46. The highest BCUT2D eigenvalue weighted by Gasteiger charge is 2.22. The molecule has 1 N–H and O–H groups in total. The Morgan fingerprint density at radius 2 is 1.91 bits per heavy atom. The first-order valence-corrected chi connectivity index (χ1v) is 11.4. The van der Waals surface area contributed by atoms with E-state index in [1.54, 1.807) is 18.3 Å². The van der Waals surface area contributed by atoms with E-state index < -0.39 is 18.5 Å². The van der Waals surface area contributed by atoms with E-state index in [2.05, 4.69) is 10.3 Å². The lowest BCUT2D eigenvalue weighted by Gasteiger charge is -2.20. The number of thiophene rings is 1. The largest absolute Gasteiger partial charge is 0.452 e. The smallest absolute Gasteiger partial charge is 0.340 e. The topological polar surface area (TPSA) is 88.6 Å². The Morgan fingerprint density at radius 1 is 1.12 bits per heavy atom. The lowest BCUT2D eigenvalue weighted by Crippen LogP contribution is -2.42. The molecule has 0 fully saturated rings. The number of amides is 2. The third-order valence-corrected chi connectivity index (χ3v) is 6.08. The highest BCUT2D eigenvalue weighted by molar-refractivity contribution is 7.09. The predicted octanol–water partition coefficient (Wildman–Crippen LogP) is 3.49. The van der Waals surface area contributed by atoms with Crippen molar-refractivity contribution in [1.82, 2.24) is 15.2 Å². The molecule has 0 atom stereocenters. The molecule has 168 valence electrons. The van der Waals surface area contributed by atoms with Crippen molar-refractivity contribution in [2.45, 2.75) is 33.7 Å². The van der Waals surface area contributed by atoms with Crippen LogP contribution in [0.15, 0.2) is 41.8 Å². The van der Waals surface area contributed by atoms with Crippen LogP contribution in [-0.4, -0.2) is 47.4 Å². The van der Waals surface area contributed by atoms with Gasteiger partial charge in [0.25, 0.3) is 5.91 Å². The zero-order valence-electron chi connectivity index (χ0n) is 18.5. The van der Waals surface area contributed by atoms with Crippen LogP contribution >= 0.6 is 11.3 Å². The Hall–Kier alpha value is -3.26. The van der Waals surface area contributed by atoms with Crippen molar-refractivity contribution in [2.24, 2.45) is 0 Å². The quantitative estimate of drug-likeness (QED) is 0.501. The zero-order valence-corrected chi connectivity index (χ0v) is 19.3. The minimum Gasteiger partial charge on any atom is -0.452 e. The summed E-state index contributed by atoms with van der Waals surface area (Å²) >= 11 is 1.55. The molecule has 0 radical (unpaired) electrons. The standard InChI is InChI=1S/C24H27N3O4S/c1-4-19-23(16(3)18-10-6-7-11-20(18)26-19)24(30)31-15-22(29)27(5-2)14-21(28)25-13-17-9-8-12-32-17/h6-12H,4-5,13-15H2,1-3H3,(H,25,28). The van der Waals surface area contributed by atoms with Crippen LogP contribution in [0, 0.1) is 6.92 Å². The summed E-state index contributed by atoms with van der Waals surface area (Å²) in [6.07, 6.45) is 0.565. The van der Waals surface area contributed by atoms with Crippen LogP contribution in [0.2, 0.25) is 0 Å². The van der Waals surface area contributed by atoms with Crippen LogP contribution in [0.25, 0.3) is 10.9 Å². The SMILES string of the molecule is CCc1nc2ccccc2c(C)c1C(=O)OCC(=O)N(CC)CC(=O)NCc1cccs1. The van der Waals surface area contributed by atoms with Gasteiger partial charge in [0.2, 0.25) is 5.91 Å². The Balaban J connectivity index is 1.62. The van der Waals surface area contributed by atoms with Crippen molar-refractivity contribution in [3.8, 4) is 0 Å². The first kappa shape index (κ1) is 23.4. The van der Waals surface area contributed by atoms with Gasteiger partial charge in [0.1, 0.15) is 0 Å². The fourth-order valence-corrected chi connectivity index (χ4v) is 4.11. The summed E-state index contributed by atoms with van der Waals surface area (Å²) in [6.45, 7) is 5.79. The average Bonchev–Trinajstić information content (AvgIpc) is 3.33. The van der Waals surface area contributed by atoms with E-state index in [1.807, 2.05) is 55.6 Å². The lowest BCUT2D eigenvalue weighted by atomic mass is 10.0. The number of benzene rings is 1. The molecule has 0 aliphatic rings. The maximum Gasteiger partial charge on any atom is 0.340 e. The summed E-state index contributed by atoms with van der Waals surface area (Å²) in [6, 6.07) is 11.5. The predicted molar refractivity (Wildman–Crippen MR) is 125 cm³/mol. The molecule has 3 rings (SSSR count). The number of hydrogen-bond acceptors (Lipinski definition) is 6. The van der Waals surface area contributed by atoms with Gasteiger partial charge in [0.15, 0.2) is 6.61 Å². The molecule has 32 heavy (non-hydrogen) atoms. The highest BCUT2D eigenvalue weighted by atomic mass is 32.1. The van der Waals surface area contributed by atoms with Crippen molar-refractivity contribution < 1.29 is 19.1 Å². The molecule has 1 aromatic carbocycles. The highest BCUT2D eigenvalue weighted by Crippen LogP contribution is 2.24. The summed E-state index contributed by atoms with van der Waals surface area (Å²) in [5, 5.41) is 5.61. The number of para-hydroxylation sites is 1. The molecule has 3 aromatic rings. The molecule has 0 spiro atoms. The number of nitrogens with zero attached hydrogens (tertiary/aromatic N) is 2. The number of fused-ring (bicyclic) bond motifs is 1. The van der Waals surface area contributed by atoms with Crippen LogP contribution in [0.1, 0.15) is 40.3 Å². The third-order valence-electron chi connectivity index (χ3n) is 5.20. The van der Waals surface area contributed by atoms with E-state index in [-0.39, 0.29) is 12.5 Å². The van der Waals surface area contributed by atoms with E-state index in [4.69, 9.17) is 4.74 Å². The number of likely N-dealkylation sites (N-methyl/N-ethyl adjacent to an activating group) is 1. The van der Waals surface area contributed by atoms with Gasteiger partial charge in [-0.2, -0.15) is 0 Å². The van der Waals surface area contributed by atoms with E-state index in [0.29, 0.717) is 30.8 Å². The fraction of sp³-hybridized carbons (Fsp3) is 0.333. The number of carbonyl (C=O) groups excluding carboxylic acids is 3. The van der Waals surface area contributed by atoms with Crippen molar-refractivity contribution in [2.75, 3.05) is 19.7 Å². The van der Waals surface area contributed by atoms with Gasteiger partial charge in [-0.05, 0) is 43.3 Å². The molecule has 0 aliphatic carbocycles. The second kappa shape index (κ2) is 10.9. The molecule has 2 amide bonds. The summed E-state index contributed by atoms with van der Waals surface area (Å²) in [5.74, 6) is -1.26. The molecule has 0 saturated carbocycles. The summed E-state index contributed by atoms with van der Waals surface area (Å²) in [4.78, 5) is 44.6. The van der Waals surface area contributed by atoms with Gasteiger partial charge in [-0.15, -0.1) is 11.3 Å². The molecule has 8 heteroatoms. The number of ether oxygens (including phenoxy) is 1. The first-order chi connectivity index (χ1) is 15.4. The molecule has 2 aromatic heterocycles. The molecule has 2 heterocycles. The molecular weight excluding hydrogens is 426 g/mol. The number of carbonyl (C=O) groups is 3. The van der Waals surface area contributed by atoms with Gasteiger partial charge in [-0.3, -0.25) is 14.6 Å². The van der Waals surface area contributed by atoms with E-state index >= 15 is 0 Å². The van der Waals surface area contributed by atoms with Gasteiger partial charge in [0, 0.05) is 16.8 Å². The van der Waals surface area contributed by atoms with Crippen LogP contribution in [0.4, 0.5) is 0 Å². The van der Waals surface area contributed by atoms with Crippen LogP contribution in [0.3, 0.4) is 0 Å². The van der Waals surface area contributed by atoms with Gasteiger partial charge >= 0.3 is 5.97 Å². The zero-order chi connectivity index (χ0) is 23.1. The molecule has 0 saturated heterocycles. The average molecular weight is 454 g/mol. The number of esters is 1. The Bertz CT molecular complexity index is 1110. The van der Waals surface area contributed by atoms with Crippen LogP contribution in [0.5, 0.6) is 0 Å². The number of aryl methyl sites for hydroxylation is 2. The molecule has 7 nitrogen and oxygen atoms in total. The summed E-state index contributed by atoms with van der Waals surface area (Å²) in [7, 11) is 0. The molecular formula is C24H27N3O4S. The van der Waals surface area contributed by atoms with E-state index in [9.17, 15) is 14.4 Å². The normalized spacial score (nSPS) is 10.7. The van der Waals surface area contributed by atoms with Crippen LogP contribution < -0.4 is 5.32 Å². The maximum atomic E-state index is 12.8. The first-order valence-electron chi connectivity index (χ1n) is 10.6. The molecule has 0 unspecified atom stereocenters. The van der Waals surface area contributed by atoms with E-state index in [1.165, 1.54) is 4.90 Å². The molecule has 0 bridgehead atoms. The van der Waals surface area contributed by atoms with Crippen molar-refractivity contribution >= 4 is 40.0 Å². The minimum absolute atomic E-state index is 0.0883. The number of rotatable bonds is 9. The number of pyridine rings is 1. The van der Waals surface area contributed by atoms with Crippen LogP contribution in [-0.2, 0) is 27.3 Å². The van der Waals surface area contributed by atoms with Crippen molar-refractivity contribution in [3.63, 3.8) is 0 Å². The van der Waals surface area contributed by atoms with Gasteiger partial charge in [-0.25, -0.2) is 4.79 Å². The second-order valence-corrected chi connectivity index (χ2v) is 8.30. The van der Waals surface area contributed by atoms with E-state index in [0.717, 1.165) is 21.3 Å². The Morgan fingerprint density at radius 3 is 2.59 bits per heavy atom. The second-order valence-electron chi connectivity index (χ2n) is 7.27. The number of nitrogens with one attached hydrogen (secondary N) is 1.